The van der Waals surface area contributed by atoms with E-state index in [0.717, 1.165) is 0 Å². The summed E-state index contributed by atoms with van der Waals surface area (Å²) in [5.41, 5.74) is -1.01. The smallest absolute Gasteiger partial charge is 0.245 e. The van der Waals surface area contributed by atoms with E-state index in [1.165, 1.54) is 12.4 Å². The van der Waals surface area contributed by atoms with E-state index in [2.05, 4.69) is 25.9 Å². The second-order valence-corrected chi connectivity index (χ2v) is 6.22. The third-order valence-corrected chi connectivity index (χ3v) is 4.67. The van der Waals surface area contributed by atoms with Crippen molar-refractivity contribution in [3.63, 3.8) is 0 Å². The average molecular weight is 269 g/mol. The van der Waals surface area contributed by atoms with Gasteiger partial charge in [-0.3, -0.25) is 5.10 Å². The third kappa shape index (κ3) is 2.53. The zero-order valence-electron chi connectivity index (χ0n) is 10.0. The molecule has 0 saturated carbocycles. The van der Waals surface area contributed by atoms with Crippen LogP contribution in [0.4, 0.5) is 0 Å². The molecule has 18 heavy (non-hydrogen) atoms. The maximum atomic E-state index is 12.1. The first-order valence-corrected chi connectivity index (χ1v) is 7.08. The molecule has 1 aromatic rings. The Kier molecular flexibility index (Phi) is 3.38. The molecule has 0 spiro atoms. The topological polar surface area (TPSA) is 102 Å². The minimum atomic E-state index is -3.69. The normalized spacial score (nSPS) is 20.4. The van der Waals surface area contributed by atoms with E-state index in [0.29, 0.717) is 25.9 Å². The van der Waals surface area contributed by atoms with Gasteiger partial charge < -0.3 is 4.90 Å². The summed E-state index contributed by atoms with van der Waals surface area (Å²) in [4.78, 5) is 2.12. The molecule has 1 saturated heterocycles. The highest BCUT2D eigenvalue weighted by molar-refractivity contribution is 7.89. The van der Waals surface area contributed by atoms with Crippen LogP contribution in [-0.2, 0) is 10.0 Å². The Labute approximate surface area is 106 Å². The van der Waals surface area contributed by atoms with Gasteiger partial charge in [-0.25, -0.2) is 8.42 Å². The number of piperidine rings is 1. The number of aromatic nitrogens is 2. The van der Waals surface area contributed by atoms with Gasteiger partial charge in [-0.1, -0.05) is 0 Å². The number of rotatable bonds is 3. The van der Waals surface area contributed by atoms with Gasteiger partial charge >= 0.3 is 0 Å². The monoisotopic (exact) mass is 269 g/mol. The largest absolute Gasteiger partial charge is 0.306 e. The molecule has 1 fully saturated rings. The average Bonchev–Trinajstić information content (AvgIpc) is 2.87. The van der Waals surface area contributed by atoms with Crippen LogP contribution >= 0.6 is 0 Å². The van der Waals surface area contributed by atoms with Crippen molar-refractivity contribution in [3.8, 4) is 6.07 Å². The number of aromatic amines is 1. The Bertz CT molecular complexity index is 537. The molecule has 7 nitrogen and oxygen atoms in total. The van der Waals surface area contributed by atoms with Gasteiger partial charge in [0.15, 0.2) is 0 Å². The number of hydrogen-bond donors (Lipinski definition) is 2. The Hall–Kier alpha value is -1.43. The highest BCUT2D eigenvalue weighted by Gasteiger charge is 2.38. The lowest BCUT2D eigenvalue weighted by molar-refractivity contribution is 0.213. The zero-order chi connectivity index (χ0) is 13.2. The number of sulfonamides is 1. The molecular formula is C10H15N5O2S. The van der Waals surface area contributed by atoms with Gasteiger partial charge in [-0.2, -0.15) is 15.1 Å². The van der Waals surface area contributed by atoms with E-state index in [1.807, 2.05) is 7.05 Å². The summed E-state index contributed by atoms with van der Waals surface area (Å²) in [7, 11) is -1.74. The van der Waals surface area contributed by atoms with Crippen LogP contribution in [0, 0.1) is 11.3 Å². The lowest BCUT2D eigenvalue weighted by atomic mass is 9.91. The first-order valence-electron chi connectivity index (χ1n) is 5.60. The second kappa shape index (κ2) is 4.68. The molecule has 0 bridgehead atoms. The second-order valence-electron chi connectivity index (χ2n) is 4.54. The first kappa shape index (κ1) is 13.0. The molecule has 0 atom stereocenters. The van der Waals surface area contributed by atoms with Crippen molar-refractivity contribution >= 4 is 10.0 Å². The molecule has 0 aromatic carbocycles. The van der Waals surface area contributed by atoms with E-state index < -0.39 is 15.6 Å². The number of H-pyrrole nitrogens is 1. The summed E-state index contributed by atoms with van der Waals surface area (Å²) in [5, 5.41) is 15.3. The van der Waals surface area contributed by atoms with Crippen LogP contribution in [0.1, 0.15) is 12.8 Å². The van der Waals surface area contributed by atoms with Crippen molar-refractivity contribution in [2.45, 2.75) is 23.3 Å². The Morgan fingerprint density at radius 2 is 2.22 bits per heavy atom. The molecule has 8 heteroatoms. The molecule has 0 radical (unpaired) electrons. The van der Waals surface area contributed by atoms with Crippen LogP contribution in [0.15, 0.2) is 17.3 Å². The predicted molar refractivity (Wildman–Crippen MR) is 64.0 cm³/mol. The van der Waals surface area contributed by atoms with Gasteiger partial charge in [-0.15, -0.1) is 0 Å². The third-order valence-electron chi connectivity index (χ3n) is 3.17. The van der Waals surface area contributed by atoms with Gasteiger partial charge in [0.1, 0.15) is 10.4 Å². The Morgan fingerprint density at radius 3 is 2.72 bits per heavy atom. The van der Waals surface area contributed by atoms with Crippen molar-refractivity contribution in [2.24, 2.45) is 0 Å². The lowest BCUT2D eigenvalue weighted by Gasteiger charge is -2.35. The number of nitriles is 1. The van der Waals surface area contributed by atoms with E-state index in [1.54, 1.807) is 0 Å². The standard InChI is InChI=1S/C10H15N5O2S/c1-15-4-2-10(8-11,3-5-15)14-18(16,17)9-6-12-13-7-9/h6-7,14H,2-5H2,1H3,(H,12,13). The van der Waals surface area contributed by atoms with E-state index in [-0.39, 0.29) is 4.90 Å². The maximum Gasteiger partial charge on any atom is 0.245 e. The van der Waals surface area contributed by atoms with Crippen LogP contribution in [0.5, 0.6) is 0 Å². The molecule has 1 aliphatic heterocycles. The quantitative estimate of drug-likeness (QED) is 0.782. The van der Waals surface area contributed by atoms with Crippen LogP contribution in [-0.4, -0.2) is 49.2 Å². The van der Waals surface area contributed by atoms with Gasteiger partial charge in [-0.05, 0) is 19.9 Å². The van der Waals surface area contributed by atoms with Gasteiger partial charge in [0.25, 0.3) is 0 Å². The molecule has 98 valence electrons. The van der Waals surface area contributed by atoms with Crippen LogP contribution in [0.2, 0.25) is 0 Å². The fourth-order valence-corrected chi connectivity index (χ4v) is 3.22. The summed E-state index contributed by atoms with van der Waals surface area (Å²) in [5.74, 6) is 0. The van der Waals surface area contributed by atoms with E-state index in [9.17, 15) is 13.7 Å². The van der Waals surface area contributed by atoms with Crippen LogP contribution < -0.4 is 4.72 Å². The molecular weight excluding hydrogens is 254 g/mol. The lowest BCUT2D eigenvalue weighted by Crippen LogP contribution is -2.53. The Balaban J connectivity index is 2.20. The summed E-state index contributed by atoms with van der Waals surface area (Å²) >= 11 is 0. The van der Waals surface area contributed by atoms with Gasteiger partial charge in [0, 0.05) is 19.3 Å². The molecule has 1 aliphatic rings. The van der Waals surface area contributed by atoms with Gasteiger partial charge in [0.05, 0.1) is 12.3 Å². The molecule has 2 heterocycles. The summed E-state index contributed by atoms with van der Waals surface area (Å²) < 4.78 is 26.6. The molecule has 2 rings (SSSR count). The first-order chi connectivity index (χ1) is 8.47. The van der Waals surface area contributed by atoms with Gasteiger partial charge in [0.2, 0.25) is 10.0 Å². The number of likely N-dealkylation sites (tertiary alicyclic amines) is 1. The van der Waals surface area contributed by atoms with Crippen molar-refractivity contribution in [3.05, 3.63) is 12.4 Å². The predicted octanol–water partition coefficient (Wildman–Crippen LogP) is -0.324. The molecule has 1 aromatic heterocycles. The van der Waals surface area contributed by atoms with Crippen molar-refractivity contribution in [1.29, 1.82) is 5.26 Å². The van der Waals surface area contributed by atoms with E-state index in [4.69, 9.17) is 0 Å². The summed E-state index contributed by atoms with van der Waals surface area (Å²) in [6.07, 6.45) is 3.49. The molecule has 0 unspecified atom stereocenters. The summed E-state index contributed by atoms with van der Waals surface area (Å²) in [6, 6.07) is 2.11. The SMILES string of the molecule is CN1CCC(C#N)(NS(=O)(=O)c2cn[nH]c2)CC1. The Morgan fingerprint density at radius 1 is 1.56 bits per heavy atom. The van der Waals surface area contributed by atoms with Crippen LogP contribution in [0.25, 0.3) is 0 Å². The number of nitrogens with zero attached hydrogens (tertiary/aromatic N) is 3. The highest BCUT2D eigenvalue weighted by atomic mass is 32.2. The number of hydrogen-bond acceptors (Lipinski definition) is 5. The van der Waals surface area contributed by atoms with Crippen molar-refractivity contribution in [2.75, 3.05) is 20.1 Å². The van der Waals surface area contributed by atoms with Crippen molar-refractivity contribution < 1.29 is 8.42 Å². The molecule has 0 aliphatic carbocycles. The summed E-state index contributed by atoms with van der Waals surface area (Å²) in [6.45, 7) is 1.39. The molecule has 0 amide bonds. The fourth-order valence-electron chi connectivity index (χ4n) is 1.94. The minimum Gasteiger partial charge on any atom is -0.306 e. The maximum absolute atomic E-state index is 12.1. The van der Waals surface area contributed by atoms with Crippen LogP contribution in [0.3, 0.4) is 0 Å². The molecule has 2 N–H and O–H groups in total. The zero-order valence-corrected chi connectivity index (χ0v) is 10.9. The number of nitrogens with one attached hydrogen (secondary N) is 2. The fraction of sp³-hybridized carbons (Fsp3) is 0.600. The minimum absolute atomic E-state index is 0.0519. The van der Waals surface area contributed by atoms with Crippen molar-refractivity contribution in [1.82, 2.24) is 19.8 Å². The van der Waals surface area contributed by atoms with E-state index >= 15 is 0 Å². The highest BCUT2D eigenvalue weighted by Crippen LogP contribution is 2.23.